The number of nitriles is 2. The number of hydrogen-bond donors (Lipinski definition) is 2. The summed E-state index contributed by atoms with van der Waals surface area (Å²) in [5, 5.41) is 22.9. The first-order valence-electron chi connectivity index (χ1n) is 11.6. The maximum Gasteiger partial charge on any atom is 0.435 e. The lowest BCUT2D eigenvalue weighted by Gasteiger charge is -2.31. The van der Waals surface area contributed by atoms with E-state index in [0.29, 0.717) is 0 Å². The molecule has 0 saturated heterocycles. The van der Waals surface area contributed by atoms with Crippen molar-refractivity contribution >= 4 is 33.4 Å². The fraction of sp³-hybridized carbons (Fsp3) is 0.185. The van der Waals surface area contributed by atoms with Gasteiger partial charge in [0.1, 0.15) is 0 Å². The SMILES string of the molecule is CNC(=O)c1cc(C#N)cc(C#N)c1-c1cccc(C(=O)Nc2c(Br)cc(C(F)(C(F)(F)F)C(F)(F)F)cc2C(F)(F)F)c1. The minimum absolute atomic E-state index is 0.000292. The maximum absolute atomic E-state index is 14.6. The highest BCUT2D eigenvalue weighted by Crippen LogP contribution is 2.55. The van der Waals surface area contributed by atoms with Gasteiger partial charge < -0.3 is 10.6 Å². The molecular formula is C27H13BrF10N4O2. The van der Waals surface area contributed by atoms with Gasteiger partial charge in [0.15, 0.2) is 0 Å². The molecule has 2 N–H and O–H groups in total. The summed E-state index contributed by atoms with van der Waals surface area (Å²) in [6, 6.07) is 9.54. The van der Waals surface area contributed by atoms with Crippen LogP contribution in [0, 0.1) is 22.7 Å². The van der Waals surface area contributed by atoms with Gasteiger partial charge in [-0.3, -0.25) is 9.59 Å². The Morgan fingerprint density at radius 1 is 0.818 bits per heavy atom. The summed E-state index contributed by atoms with van der Waals surface area (Å²) in [5.74, 6) is -2.11. The summed E-state index contributed by atoms with van der Waals surface area (Å²) < 4.78 is 134. The van der Waals surface area contributed by atoms with Crippen molar-refractivity contribution < 1.29 is 53.5 Å². The summed E-state index contributed by atoms with van der Waals surface area (Å²) in [6.07, 6.45) is -19.1. The third kappa shape index (κ3) is 6.19. The van der Waals surface area contributed by atoms with E-state index in [2.05, 4.69) is 21.2 Å². The minimum atomic E-state index is -6.71. The number of nitrogens with one attached hydrogen (secondary N) is 2. The number of amides is 2. The third-order valence-corrected chi connectivity index (χ3v) is 6.71. The molecular weight excluding hydrogens is 682 g/mol. The number of anilines is 1. The molecule has 0 fully saturated rings. The van der Waals surface area contributed by atoms with Crippen LogP contribution in [-0.2, 0) is 11.8 Å². The first-order chi connectivity index (χ1) is 20.2. The molecule has 0 aliphatic rings. The van der Waals surface area contributed by atoms with E-state index in [0.717, 1.165) is 24.3 Å². The monoisotopic (exact) mass is 694 g/mol. The van der Waals surface area contributed by atoms with Gasteiger partial charge in [-0.2, -0.15) is 50.0 Å². The highest BCUT2D eigenvalue weighted by molar-refractivity contribution is 9.10. The zero-order valence-corrected chi connectivity index (χ0v) is 23.1. The smallest absolute Gasteiger partial charge is 0.355 e. The second-order valence-electron chi connectivity index (χ2n) is 8.82. The van der Waals surface area contributed by atoms with Crippen molar-refractivity contribution in [3.63, 3.8) is 0 Å². The average Bonchev–Trinajstić information content (AvgIpc) is 2.94. The van der Waals surface area contributed by atoms with Crippen molar-refractivity contribution in [2.75, 3.05) is 12.4 Å². The predicted octanol–water partition coefficient (Wildman–Crippen LogP) is 7.78. The van der Waals surface area contributed by atoms with Gasteiger partial charge in [-0.05, 0) is 57.9 Å². The standard InChI is InChI=1S/C27H13BrF10N4O2/c1-41-23(44)17-6-12(10-39)5-15(11-40)20(17)13-3-2-4-14(7-13)22(43)42-21-18(25(30,31)32)8-16(9-19(21)28)24(29,26(33,34)35)27(36,37)38/h2-9H,1H3,(H,41,44)(H,42,43). The number of benzene rings is 3. The van der Waals surface area contributed by atoms with E-state index in [1.54, 1.807) is 17.5 Å². The minimum Gasteiger partial charge on any atom is -0.355 e. The van der Waals surface area contributed by atoms with Crippen molar-refractivity contribution in [3.8, 4) is 23.3 Å². The van der Waals surface area contributed by atoms with Gasteiger partial charge in [-0.1, -0.05) is 12.1 Å². The zero-order valence-electron chi connectivity index (χ0n) is 21.5. The molecule has 2 amide bonds. The number of nitrogens with zero attached hydrogens (tertiary/aromatic N) is 2. The topological polar surface area (TPSA) is 106 Å². The van der Waals surface area contributed by atoms with Crippen molar-refractivity contribution in [3.05, 3.63) is 86.4 Å². The Bertz CT molecular complexity index is 1720. The van der Waals surface area contributed by atoms with Crippen LogP contribution >= 0.6 is 15.9 Å². The Balaban J connectivity index is 2.18. The summed E-state index contributed by atoms with van der Waals surface area (Å²) in [5.41, 5.74) is -13.1. The number of carbonyl (C=O) groups is 2. The number of rotatable bonds is 5. The molecule has 0 aliphatic heterocycles. The van der Waals surface area contributed by atoms with Crippen LogP contribution in [-0.4, -0.2) is 31.2 Å². The molecule has 3 rings (SSSR count). The largest absolute Gasteiger partial charge is 0.435 e. The van der Waals surface area contributed by atoms with Gasteiger partial charge in [0.2, 0.25) is 0 Å². The van der Waals surface area contributed by atoms with E-state index in [1.807, 2.05) is 0 Å². The molecule has 6 nitrogen and oxygen atoms in total. The summed E-state index contributed by atoms with van der Waals surface area (Å²) in [4.78, 5) is 25.5. The van der Waals surface area contributed by atoms with Crippen molar-refractivity contribution in [2.24, 2.45) is 0 Å². The van der Waals surface area contributed by atoms with Gasteiger partial charge in [-0.25, -0.2) is 4.39 Å². The van der Waals surface area contributed by atoms with Crippen LogP contribution in [0.2, 0.25) is 0 Å². The van der Waals surface area contributed by atoms with Gasteiger partial charge in [0.25, 0.3) is 11.8 Å². The van der Waals surface area contributed by atoms with Gasteiger partial charge in [0.05, 0.1) is 34.5 Å². The first-order valence-corrected chi connectivity index (χ1v) is 12.4. The number of hydrogen-bond acceptors (Lipinski definition) is 4. The number of carbonyl (C=O) groups excluding carboxylic acids is 2. The summed E-state index contributed by atoms with van der Waals surface area (Å²) >= 11 is 2.41. The molecule has 0 radical (unpaired) electrons. The highest BCUT2D eigenvalue weighted by Gasteiger charge is 2.73. The van der Waals surface area contributed by atoms with Crippen LogP contribution < -0.4 is 10.6 Å². The van der Waals surface area contributed by atoms with Gasteiger partial charge in [-0.15, -0.1) is 0 Å². The zero-order chi connectivity index (χ0) is 33.4. The molecule has 3 aromatic carbocycles. The van der Waals surface area contributed by atoms with Crippen molar-refractivity contribution in [1.29, 1.82) is 10.5 Å². The normalized spacial score (nSPS) is 12.2. The highest BCUT2D eigenvalue weighted by atomic mass is 79.9. The fourth-order valence-corrected chi connectivity index (χ4v) is 4.62. The van der Waals surface area contributed by atoms with Crippen LogP contribution in [0.15, 0.2) is 53.0 Å². The quantitative estimate of drug-likeness (QED) is 0.266. The summed E-state index contributed by atoms with van der Waals surface area (Å²) in [6.45, 7) is 0. The Kier molecular flexibility index (Phi) is 9.08. The molecule has 44 heavy (non-hydrogen) atoms. The Hall–Kier alpha value is -4.64. The molecule has 0 atom stereocenters. The molecule has 0 bridgehead atoms. The van der Waals surface area contributed by atoms with Crippen LogP contribution in [0.1, 0.15) is 43.0 Å². The molecule has 0 aromatic heterocycles. The molecule has 3 aromatic rings. The van der Waals surface area contributed by atoms with Crippen LogP contribution in [0.25, 0.3) is 11.1 Å². The molecule has 0 unspecified atom stereocenters. The number of alkyl halides is 10. The van der Waals surface area contributed by atoms with Crippen molar-refractivity contribution in [1.82, 2.24) is 5.32 Å². The molecule has 0 spiro atoms. The van der Waals surface area contributed by atoms with Crippen LogP contribution in [0.3, 0.4) is 0 Å². The van der Waals surface area contributed by atoms with Crippen LogP contribution in [0.5, 0.6) is 0 Å². The first kappa shape index (κ1) is 33.9. The van der Waals surface area contributed by atoms with E-state index < -0.39 is 68.9 Å². The lowest BCUT2D eigenvalue weighted by atomic mass is 9.91. The van der Waals surface area contributed by atoms with Crippen LogP contribution in [0.4, 0.5) is 49.6 Å². The lowest BCUT2D eigenvalue weighted by molar-refractivity contribution is -0.348. The molecule has 230 valence electrons. The van der Waals surface area contributed by atoms with E-state index in [-0.39, 0.29) is 33.9 Å². The lowest BCUT2D eigenvalue weighted by Crippen LogP contribution is -2.50. The average molecular weight is 695 g/mol. The van der Waals surface area contributed by atoms with Gasteiger partial charge in [0, 0.05) is 33.8 Å². The Morgan fingerprint density at radius 2 is 1.43 bits per heavy atom. The van der Waals surface area contributed by atoms with E-state index in [4.69, 9.17) is 0 Å². The van der Waals surface area contributed by atoms with E-state index in [9.17, 15) is 64.0 Å². The van der Waals surface area contributed by atoms with E-state index in [1.165, 1.54) is 19.2 Å². The Labute approximate surface area is 249 Å². The second kappa shape index (κ2) is 11.8. The molecule has 0 saturated carbocycles. The van der Waals surface area contributed by atoms with Gasteiger partial charge >= 0.3 is 24.2 Å². The molecule has 17 heteroatoms. The maximum atomic E-state index is 14.6. The van der Waals surface area contributed by atoms with E-state index >= 15 is 0 Å². The second-order valence-corrected chi connectivity index (χ2v) is 9.67. The number of halogens is 11. The fourth-order valence-electron chi connectivity index (χ4n) is 4.07. The van der Waals surface area contributed by atoms with Crippen molar-refractivity contribution in [2.45, 2.75) is 24.2 Å². The molecule has 0 aliphatic carbocycles. The Morgan fingerprint density at radius 3 is 1.93 bits per heavy atom. The molecule has 0 heterocycles. The third-order valence-electron chi connectivity index (χ3n) is 6.09. The summed E-state index contributed by atoms with van der Waals surface area (Å²) in [7, 11) is 1.25. The predicted molar refractivity (Wildman–Crippen MR) is 137 cm³/mol.